The van der Waals surface area contributed by atoms with Gasteiger partial charge in [0.15, 0.2) is 0 Å². The molecule has 0 aliphatic carbocycles. The lowest BCUT2D eigenvalue weighted by molar-refractivity contribution is 0.600. The number of aromatic amines is 1. The van der Waals surface area contributed by atoms with Crippen LogP contribution in [0.25, 0.3) is 11.3 Å². The van der Waals surface area contributed by atoms with Gasteiger partial charge in [0, 0.05) is 11.6 Å². The summed E-state index contributed by atoms with van der Waals surface area (Å²) < 4.78 is 28.6. The van der Waals surface area contributed by atoms with Crippen LogP contribution in [0.4, 0.5) is 5.69 Å². The predicted molar refractivity (Wildman–Crippen MR) is 102 cm³/mol. The number of nitrogens with one attached hydrogen (secondary N) is 2. The molecule has 3 rings (SSSR count). The van der Waals surface area contributed by atoms with E-state index in [2.05, 4.69) is 14.9 Å². The van der Waals surface area contributed by atoms with Crippen LogP contribution in [0, 0.1) is 6.92 Å². The van der Waals surface area contributed by atoms with E-state index in [-0.39, 0.29) is 10.5 Å². The van der Waals surface area contributed by atoms with Crippen LogP contribution < -0.4 is 10.3 Å². The molecule has 134 valence electrons. The maximum absolute atomic E-state index is 12.9. The van der Waals surface area contributed by atoms with Crippen LogP contribution >= 0.6 is 0 Å². The molecule has 0 radical (unpaired) electrons. The second-order valence-electron chi connectivity index (χ2n) is 5.90. The van der Waals surface area contributed by atoms with E-state index in [0.29, 0.717) is 22.5 Å². The number of rotatable bonds is 5. The molecule has 0 atom stereocenters. The highest BCUT2D eigenvalue weighted by Gasteiger charge is 2.19. The van der Waals surface area contributed by atoms with Crippen molar-refractivity contribution in [2.45, 2.75) is 25.2 Å². The average Bonchev–Trinajstić information content (AvgIpc) is 2.63. The summed E-state index contributed by atoms with van der Waals surface area (Å²) in [6.45, 7) is 3.71. The number of hydrogen-bond acceptors (Lipinski definition) is 4. The average molecular weight is 369 g/mol. The largest absolute Gasteiger partial charge is 0.279 e. The number of sulfonamides is 1. The van der Waals surface area contributed by atoms with Crippen molar-refractivity contribution >= 4 is 15.7 Å². The van der Waals surface area contributed by atoms with Crippen molar-refractivity contribution in [1.29, 1.82) is 0 Å². The topological polar surface area (TPSA) is 91.9 Å². The molecular weight excluding hydrogens is 350 g/mol. The van der Waals surface area contributed by atoms with Crippen LogP contribution in [0.3, 0.4) is 0 Å². The van der Waals surface area contributed by atoms with Gasteiger partial charge in [-0.1, -0.05) is 37.3 Å². The molecule has 0 aliphatic heterocycles. The molecule has 0 spiro atoms. The van der Waals surface area contributed by atoms with E-state index in [0.717, 1.165) is 12.0 Å². The van der Waals surface area contributed by atoms with Crippen molar-refractivity contribution in [3.05, 3.63) is 76.1 Å². The number of nitrogens with zero attached hydrogens (tertiary/aromatic N) is 1. The molecule has 1 aromatic heterocycles. The molecule has 2 aromatic carbocycles. The zero-order valence-corrected chi connectivity index (χ0v) is 15.3. The molecule has 0 unspecified atom stereocenters. The van der Waals surface area contributed by atoms with Crippen LogP contribution in [0.1, 0.15) is 18.1 Å². The summed E-state index contributed by atoms with van der Waals surface area (Å²) in [5, 5.41) is 6.32. The third kappa shape index (κ3) is 3.67. The summed E-state index contributed by atoms with van der Waals surface area (Å²) in [4.78, 5) is 11.3. The fraction of sp³-hybridized carbons (Fsp3) is 0.158. The van der Waals surface area contributed by atoms with Gasteiger partial charge < -0.3 is 0 Å². The maximum atomic E-state index is 12.9. The van der Waals surface area contributed by atoms with Gasteiger partial charge in [0.2, 0.25) is 0 Å². The second-order valence-corrected chi connectivity index (χ2v) is 7.55. The van der Waals surface area contributed by atoms with Gasteiger partial charge in [-0.25, -0.2) is 13.5 Å². The normalized spacial score (nSPS) is 11.3. The summed E-state index contributed by atoms with van der Waals surface area (Å²) in [5.74, 6) is 0. The van der Waals surface area contributed by atoms with E-state index in [1.165, 1.54) is 6.07 Å². The Morgan fingerprint density at radius 3 is 2.54 bits per heavy atom. The molecule has 3 aromatic rings. The second kappa shape index (κ2) is 7.13. The first-order valence-corrected chi connectivity index (χ1v) is 9.66. The summed E-state index contributed by atoms with van der Waals surface area (Å²) in [5.41, 5.74) is 2.91. The van der Waals surface area contributed by atoms with Crippen molar-refractivity contribution in [2.24, 2.45) is 0 Å². The van der Waals surface area contributed by atoms with Gasteiger partial charge in [0.1, 0.15) is 0 Å². The van der Waals surface area contributed by atoms with Gasteiger partial charge in [0.05, 0.1) is 16.3 Å². The van der Waals surface area contributed by atoms with Crippen molar-refractivity contribution in [3.63, 3.8) is 0 Å². The van der Waals surface area contributed by atoms with E-state index >= 15 is 0 Å². The lowest BCUT2D eigenvalue weighted by atomic mass is 10.1. The predicted octanol–water partition coefficient (Wildman–Crippen LogP) is 3.11. The fourth-order valence-electron chi connectivity index (χ4n) is 2.68. The Labute approximate surface area is 152 Å². The van der Waals surface area contributed by atoms with Gasteiger partial charge in [0.25, 0.3) is 15.6 Å². The van der Waals surface area contributed by atoms with Crippen LogP contribution in [0.2, 0.25) is 0 Å². The highest BCUT2D eigenvalue weighted by molar-refractivity contribution is 7.92. The summed E-state index contributed by atoms with van der Waals surface area (Å²) >= 11 is 0. The minimum absolute atomic E-state index is 0.175. The lowest BCUT2D eigenvalue weighted by Gasteiger charge is -2.14. The standard InChI is InChI=1S/C19H19N3O3S/c1-3-14-6-4-5-7-17(14)22-26(24,25)18-12-15(9-8-13(18)2)16-10-11-19(23)21-20-16/h4-12,22H,3H2,1-2H3,(H,21,23). The Hall–Kier alpha value is -2.93. The molecular formula is C19H19N3O3S. The van der Waals surface area contributed by atoms with Gasteiger partial charge in [-0.2, -0.15) is 5.10 Å². The van der Waals surface area contributed by atoms with E-state index in [4.69, 9.17) is 0 Å². The maximum Gasteiger partial charge on any atom is 0.264 e. The Balaban J connectivity index is 2.03. The number of para-hydroxylation sites is 1. The molecule has 0 aliphatic rings. The number of anilines is 1. The summed E-state index contributed by atoms with van der Waals surface area (Å²) in [6.07, 6.45) is 0.721. The smallest absolute Gasteiger partial charge is 0.264 e. The third-order valence-electron chi connectivity index (χ3n) is 4.10. The van der Waals surface area contributed by atoms with Gasteiger partial charge in [-0.05, 0) is 42.7 Å². The van der Waals surface area contributed by atoms with E-state index in [1.807, 2.05) is 19.1 Å². The number of aryl methyl sites for hydroxylation is 2. The molecule has 0 saturated carbocycles. The van der Waals surface area contributed by atoms with Gasteiger partial charge in [-0.3, -0.25) is 9.52 Å². The molecule has 0 amide bonds. The molecule has 7 heteroatoms. The zero-order chi connectivity index (χ0) is 18.7. The minimum Gasteiger partial charge on any atom is -0.279 e. The first-order valence-electron chi connectivity index (χ1n) is 8.18. The quantitative estimate of drug-likeness (QED) is 0.723. The first kappa shape index (κ1) is 17.9. The van der Waals surface area contributed by atoms with Gasteiger partial charge in [-0.15, -0.1) is 0 Å². The van der Waals surface area contributed by atoms with E-state index in [1.54, 1.807) is 43.3 Å². The molecule has 6 nitrogen and oxygen atoms in total. The van der Waals surface area contributed by atoms with Gasteiger partial charge >= 0.3 is 0 Å². The molecule has 2 N–H and O–H groups in total. The fourth-order valence-corrected chi connectivity index (χ4v) is 4.05. The summed E-state index contributed by atoms with van der Waals surface area (Å²) in [6, 6.07) is 15.3. The number of aromatic nitrogens is 2. The Bertz CT molecular complexity index is 1080. The van der Waals surface area contributed by atoms with Crippen molar-refractivity contribution in [2.75, 3.05) is 4.72 Å². The zero-order valence-electron chi connectivity index (χ0n) is 14.5. The van der Waals surface area contributed by atoms with Crippen LogP contribution in [0.15, 0.2) is 64.3 Å². The monoisotopic (exact) mass is 369 g/mol. The summed E-state index contributed by atoms with van der Waals surface area (Å²) in [7, 11) is -3.76. The Morgan fingerprint density at radius 2 is 1.85 bits per heavy atom. The number of H-pyrrole nitrogens is 1. The van der Waals surface area contributed by atoms with Crippen molar-refractivity contribution in [3.8, 4) is 11.3 Å². The SMILES string of the molecule is CCc1ccccc1NS(=O)(=O)c1cc(-c2ccc(=O)[nH]n2)ccc1C. The van der Waals surface area contributed by atoms with Crippen LogP contribution in [-0.4, -0.2) is 18.6 Å². The molecule has 0 saturated heterocycles. The third-order valence-corrected chi connectivity index (χ3v) is 5.60. The lowest BCUT2D eigenvalue weighted by Crippen LogP contribution is -2.15. The Morgan fingerprint density at radius 1 is 1.08 bits per heavy atom. The van der Waals surface area contributed by atoms with E-state index < -0.39 is 10.0 Å². The highest BCUT2D eigenvalue weighted by atomic mass is 32.2. The highest BCUT2D eigenvalue weighted by Crippen LogP contribution is 2.26. The molecule has 0 bridgehead atoms. The van der Waals surface area contributed by atoms with E-state index in [9.17, 15) is 13.2 Å². The first-order chi connectivity index (χ1) is 12.4. The Kier molecular flexibility index (Phi) is 4.90. The van der Waals surface area contributed by atoms with Crippen molar-refractivity contribution in [1.82, 2.24) is 10.2 Å². The molecule has 1 heterocycles. The minimum atomic E-state index is -3.76. The number of hydrogen-bond donors (Lipinski definition) is 2. The van der Waals surface area contributed by atoms with Crippen LogP contribution in [-0.2, 0) is 16.4 Å². The van der Waals surface area contributed by atoms with Crippen molar-refractivity contribution < 1.29 is 8.42 Å². The molecule has 26 heavy (non-hydrogen) atoms. The van der Waals surface area contributed by atoms with Crippen LogP contribution in [0.5, 0.6) is 0 Å². The number of benzene rings is 2. The molecule has 0 fully saturated rings.